The molecule has 0 aromatic carbocycles. The summed E-state index contributed by atoms with van der Waals surface area (Å²) in [5.74, 6) is 0. The second-order valence-electron chi connectivity index (χ2n) is 8.71. The Labute approximate surface area is 154 Å². The van der Waals surface area contributed by atoms with Crippen LogP contribution in [0.3, 0.4) is 0 Å². The van der Waals surface area contributed by atoms with E-state index in [1.54, 1.807) is 0 Å². The van der Waals surface area contributed by atoms with Crippen molar-refractivity contribution in [2.24, 2.45) is 0 Å². The van der Waals surface area contributed by atoms with Crippen LogP contribution in [0.15, 0.2) is 0 Å². The van der Waals surface area contributed by atoms with Crippen molar-refractivity contribution in [3.63, 3.8) is 0 Å². The molecule has 0 bridgehead atoms. The fraction of sp³-hybridized carbons (Fsp3) is 1.00. The minimum atomic E-state index is -0.925. The first-order valence-corrected chi connectivity index (χ1v) is 13.4. The quantitative estimate of drug-likeness (QED) is 0.260. The maximum Gasteiger partial charge on any atom is 0.183 e. The molecule has 1 saturated heterocycles. The molecule has 1 heterocycles. The Morgan fingerprint density at radius 3 is 1.92 bits per heavy atom. The van der Waals surface area contributed by atoms with Gasteiger partial charge in [0.15, 0.2) is 9.04 Å². The Kier molecular flexibility index (Phi) is 10.7. The Morgan fingerprint density at radius 1 is 0.708 bits per heavy atom. The minimum absolute atomic E-state index is 0.707. The van der Waals surface area contributed by atoms with Crippen molar-refractivity contribution in [1.82, 2.24) is 0 Å². The van der Waals surface area contributed by atoms with Gasteiger partial charge in [-0.2, -0.15) is 0 Å². The van der Waals surface area contributed by atoms with Crippen LogP contribution in [0.5, 0.6) is 0 Å². The highest BCUT2D eigenvalue weighted by molar-refractivity contribution is 6.55. The van der Waals surface area contributed by atoms with Gasteiger partial charge in [-0.3, -0.25) is 0 Å². The lowest BCUT2D eigenvalue weighted by Gasteiger charge is -2.44. The summed E-state index contributed by atoms with van der Waals surface area (Å²) in [5.41, 5.74) is 0. The number of hydrogen-bond acceptors (Lipinski definition) is 1. The number of hydrogen-bond donors (Lipinski definition) is 0. The van der Waals surface area contributed by atoms with Crippen molar-refractivity contribution in [2.75, 3.05) is 6.61 Å². The molecule has 0 spiro atoms. The van der Waals surface area contributed by atoms with E-state index < -0.39 is 9.04 Å². The molecule has 1 atom stereocenters. The van der Waals surface area contributed by atoms with Crippen LogP contribution in [0.1, 0.15) is 122 Å². The van der Waals surface area contributed by atoms with Crippen molar-refractivity contribution in [2.45, 2.75) is 134 Å². The Bertz CT molecular complexity index is 292. The predicted octanol–water partition coefficient (Wildman–Crippen LogP) is 7.54. The first kappa shape index (κ1) is 20.5. The zero-order chi connectivity index (χ0) is 16.9. The summed E-state index contributed by atoms with van der Waals surface area (Å²) in [7, 11) is -0.925. The third-order valence-corrected chi connectivity index (χ3v) is 10.5. The smallest absolute Gasteiger partial charge is 0.183 e. The summed E-state index contributed by atoms with van der Waals surface area (Å²) in [6, 6.07) is 1.48. The van der Waals surface area contributed by atoms with Gasteiger partial charge in [0.2, 0.25) is 0 Å². The van der Waals surface area contributed by atoms with Crippen LogP contribution in [0, 0.1) is 0 Å². The van der Waals surface area contributed by atoms with E-state index in [0.29, 0.717) is 5.04 Å². The number of rotatable bonds is 12. The molecule has 1 aliphatic carbocycles. The molecule has 2 fully saturated rings. The van der Waals surface area contributed by atoms with E-state index in [0.717, 1.165) is 6.61 Å². The molecule has 0 N–H and O–H groups in total. The van der Waals surface area contributed by atoms with E-state index in [9.17, 15) is 0 Å². The summed E-state index contributed by atoms with van der Waals surface area (Å²) < 4.78 is 6.40. The van der Waals surface area contributed by atoms with Crippen molar-refractivity contribution in [3.05, 3.63) is 0 Å². The summed E-state index contributed by atoms with van der Waals surface area (Å²) in [4.78, 5) is 0. The second kappa shape index (κ2) is 12.5. The van der Waals surface area contributed by atoms with E-state index in [2.05, 4.69) is 6.92 Å². The van der Waals surface area contributed by atoms with E-state index in [-0.39, 0.29) is 0 Å². The van der Waals surface area contributed by atoms with Crippen LogP contribution >= 0.6 is 0 Å². The lowest BCUT2D eigenvalue weighted by molar-refractivity contribution is 0.229. The summed E-state index contributed by atoms with van der Waals surface area (Å²) in [6.07, 6.45) is 26.5. The zero-order valence-corrected chi connectivity index (χ0v) is 17.8. The van der Waals surface area contributed by atoms with E-state index in [4.69, 9.17) is 4.43 Å². The van der Waals surface area contributed by atoms with Gasteiger partial charge in [-0.25, -0.2) is 0 Å². The first-order chi connectivity index (χ1) is 11.9. The van der Waals surface area contributed by atoms with Crippen LogP contribution in [0.2, 0.25) is 11.1 Å². The normalized spacial score (nSPS) is 24.1. The largest absolute Gasteiger partial charge is 0.419 e. The molecular formula is C22H44OSi. The van der Waals surface area contributed by atoms with Crippen LogP contribution < -0.4 is 0 Å². The van der Waals surface area contributed by atoms with Crippen LogP contribution in [0.25, 0.3) is 0 Å². The molecule has 1 saturated carbocycles. The molecule has 2 aliphatic rings. The molecule has 0 aromatic rings. The van der Waals surface area contributed by atoms with Crippen molar-refractivity contribution in [3.8, 4) is 0 Å². The molecule has 2 heteroatoms. The van der Waals surface area contributed by atoms with Gasteiger partial charge in [0.05, 0.1) is 0 Å². The average molecular weight is 353 g/mol. The van der Waals surface area contributed by atoms with Crippen molar-refractivity contribution in [1.29, 1.82) is 0 Å². The monoisotopic (exact) mass is 352 g/mol. The van der Waals surface area contributed by atoms with Gasteiger partial charge in [-0.15, -0.1) is 0 Å². The molecule has 142 valence electrons. The third kappa shape index (κ3) is 7.20. The van der Waals surface area contributed by atoms with Crippen LogP contribution in [0.4, 0.5) is 0 Å². The topological polar surface area (TPSA) is 9.23 Å². The van der Waals surface area contributed by atoms with E-state index >= 15 is 0 Å². The average Bonchev–Trinajstić information content (AvgIpc) is 2.65. The van der Waals surface area contributed by atoms with Gasteiger partial charge in [-0.05, 0) is 36.8 Å². The zero-order valence-electron chi connectivity index (χ0n) is 16.6. The lowest BCUT2D eigenvalue weighted by Crippen LogP contribution is -2.39. The van der Waals surface area contributed by atoms with Crippen molar-refractivity contribution < 1.29 is 4.43 Å². The maximum atomic E-state index is 6.40. The lowest BCUT2D eigenvalue weighted by atomic mass is 9.84. The van der Waals surface area contributed by atoms with Crippen LogP contribution in [-0.4, -0.2) is 15.6 Å². The standard InChI is InChI=1S/C22H44OSi/c1-2-3-4-5-6-7-8-9-10-12-17-22(18-13-11-14-19-22)24-21-16-15-20-23-24/h24H,2-21H2,1H3. The SMILES string of the molecule is CCCCCCCCCCCCC1([SiH]2CCCCO2)CCCCC1. The Balaban J connectivity index is 1.57. The maximum absolute atomic E-state index is 6.40. The molecule has 0 amide bonds. The third-order valence-electron chi connectivity index (χ3n) is 6.74. The van der Waals surface area contributed by atoms with Gasteiger partial charge >= 0.3 is 0 Å². The molecular weight excluding hydrogens is 308 g/mol. The van der Waals surface area contributed by atoms with Gasteiger partial charge in [0.25, 0.3) is 0 Å². The molecule has 0 aromatic heterocycles. The predicted molar refractivity (Wildman–Crippen MR) is 109 cm³/mol. The van der Waals surface area contributed by atoms with Crippen molar-refractivity contribution >= 4 is 9.04 Å². The summed E-state index contributed by atoms with van der Waals surface area (Å²) in [6.45, 7) is 3.40. The fourth-order valence-corrected chi connectivity index (χ4v) is 9.00. The van der Waals surface area contributed by atoms with Gasteiger partial charge in [0.1, 0.15) is 0 Å². The highest BCUT2D eigenvalue weighted by atomic mass is 28.3. The van der Waals surface area contributed by atoms with Gasteiger partial charge < -0.3 is 4.43 Å². The molecule has 1 unspecified atom stereocenters. The highest BCUT2D eigenvalue weighted by Crippen LogP contribution is 2.51. The molecule has 2 rings (SSSR count). The van der Waals surface area contributed by atoms with E-state index in [1.807, 2.05) is 0 Å². The van der Waals surface area contributed by atoms with Crippen LogP contribution in [-0.2, 0) is 4.43 Å². The molecule has 0 radical (unpaired) electrons. The summed E-state index contributed by atoms with van der Waals surface area (Å²) >= 11 is 0. The highest BCUT2D eigenvalue weighted by Gasteiger charge is 2.41. The van der Waals surface area contributed by atoms with E-state index in [1.165, 1.54) is 122 Å². The minimum Gasteiger partial charge on any atom is -0.419 e. The molecule has 1 aliphatic heterocycles. The fourth-order valence-electron chi connectivity index (χ4n) is 5.18. The molecule has 1 nitrogen and oxygen atoms in total. The van der Waals surface area contributed by atoms with Gasteiger partial charge in [0, 0.05) is 6.61 Å². The second-order valence-corrected chi connectivity index (χ2v) is 11.8. The first-order valence-electron chi connectivity index (χ1n) is 11.5. The summed E-state index contributed by atoms with van der Waals surface area (Å²) in [5, 5.41) is 0.707. The Hall–Kier alpha value is 0.177. The number of unbranched alkanes of at least 4 members (excludes halogenated alkanes) is 9. The molecule has 24 heavy (non-hydrogen) atoms. The Morgan fingerprint density at radius 2 is 1.33 bits per heavy atom. The van der Waals surface area contributed by atoms with Gasteiger partial charge in [-0.1, -0.05) is 96.8 Å².